The highest BCUT2D eigenvalue weighted by atomic mass is 127. The summed E-state index contributed by atoms with van der Waals surface area (Å²) >= 11 is 2.31. The third-order valence-electron chi connectivity index (χ3n) is 1.53. The van der Waals surface area contributed by atoms with Gasteiger partial charge in [0.2, 0.25) is 0 Å². The van der Waals surface area contributed by atoms with Crippen LogP contribution < -0.4 is 0 Å². The van der Waals surface area contributed by atoms with Gasteiger partial charge in [0.05, 0.1) is 0 Å². The second-order valence-corrected chi connectivity index (χ2v) is 3.88. The SMILES string of the molecule is C=C(I)[C@@H](C)CCCC. The molecular formula is C8H15I. The molecule has 1 atom stereocenters. The Hall–Kier alpha value is 0.470. The molecule has 0 aromatic rings. The number of hydrogen-bond acceptors (Lipinski definition) is 0. The molecule has 0 radical (unpaired) electrons. The average molecular weight is 238 g/mol. The zero-order valence-electron chi connectivity index (χ0n) is 6.28. The summed E-state index contributed by atoms with van der Waals surface area (Å²) in [6, 6.07) is 0. The number of hydrogen-bond donors (Lipinski definition) is 0. The second kappa shape index (κ2) is 5.27. The van der Waals surface area contributed by atoms with Gasteiger partial charge >= 0.3 is 0 Å². The highest BCUT2D eigenvalue weighted by Gasteiger charge is 2.00. The van der Waals surface area contributed by atoms with Crippen molar-refractivity contribution in [3.63, 3.8) is 0 Å². The van der Waals surface area contributed by atoms with Crippen LogP contribution in [-0.4, -0.2) is 0 Å². The number of allylic oxidation sites excluding steroid dienone is 1. The molecule has 0 spiro atoms. The summed E-state index contributed by atoms with van der Waals surface area (Å²) in [5, 5.41) is 0. The van der Waals surface area contributed by atoms with E-state index in [1.165, 1.54) is 22.8 Å². The van der Waals surface area contributed by atoms with E-state index in [1.54, 1.807) is 0 Å². The van der Waals surface area contributed by atoms with Gasteiger partial charge < -0.3 is 0 Å². The minimum Gasteiger partial charge on any atom is -0.0894 e. The molecule has 9 heavy (non-hydrogen) atoms. The van der Waals surface area contributed by atoms with Crippen LogP contribution in [0.1, 0.15) is 33.1 Å². The molecule has 0 aliphatic carbocycles. The average Bonchev–Trinajstić information content (AvgIpc) is 1.82. The Kier molecular flexibility index (Phi) is 5.55. The Balaban J connectivity index is 3.27. The molecule has 0 saturated heterocycles. The fourth-order valence-electron chi connectivity index (χ4n) is 0.667. The molecule has 0 unspecified atom stereocenters. The Morgan fingerprint density at radius 1 is 1.67 bits per heavy atom. The molecule has 0 heterocycles. The molecule has 0 fully saturated rings. The van der Waals surface area contributed by atoms with Crippen LogP contribution in [0.5, 0.6) is 0 Å². The maximum absolute atomic E-state index is 3.89. The first kappa shape index (κ1) is 9.47. The predicted octanol–water partition coefficient (Wildman–Crippen LogP) is 3.76. The summed E-state index contributed by atoms with van der Waals surface area (Å²) < 4.78 is 1.29. The molecule has 0 N–H and O–H groups in total. The first-order valence-corrected chi connectivity index (χ1v) is 4.60. The van der Waals surface area contributed by atoms with E-state index < -0.39 is 0 Å². The lowest BCUT2D eigenvalue weighted by Crippen LogP contribution is -1.91. The van der Waals surface area contributed by atoms with Crippen molar-refractivity contribution in [1.29, 1.82) is 0 Å². The van der Waals surface area contributed by atoms with Gasteiger partial charge in [-0.05, 0) is 38.5 Å². The first-order valence-electron chi connectivity index (χ1n) is 3.52. The highest BCUT2D eigenvalue weighted by molar-refractivity contribution is 14.1. The number of halogens is 1. The van der Waals surface area contributed by atoms with Crippen molar-refractivity contribution >= 4 is 22.6 Å². The molecule has 0 amide bonds. The molecule has 1 heteroatoms. The quantitative estimate of drug-likeness (QED) is 0.654. The van der Waals surface area contributed by atoms with E-state index in [9.17, 15) is 0 Å². The minimum atomic E-state index is 0.713. The molecule has 54 valence electrons. The van der Waals surface area contributed by atoms with Gasteiger partial charge in [0.25, 0.3) is 0 Å². The van der Waals surface area contributed by atoms with Crippen LogP contribution in [0, 0.1) is 5.92 Å². The number of rotatable bonds is 4. The lowest BCUT2D eigenvalue weighted by Gasteiger charge is -2.06. The van der Waals surface area contributed by atoms with E-state index in [1.807, 2.05) is 0 Å². The molecule has 0 aliphatic rings. The lowest BCUT2D eigenvalue weighted by molar-refractivity contribution is 0.596. The Labute approximate surface area is 71.9 Å². The zero-order chi connectivity index (χ0) is 7.28. The third kappa shape index (κ3) is 4.94. The van der Waals surface area contributed by atoms with Gasteiger partial charge in [0, 0.05) is 0 Å². The van der Waals surface area contributed by atoms with Gasteiger partial charge in [0.1, 0.15) is 0 Å². The van der Waals surface area contributed by atoms with E-state index >= 15 is 0 Å². The van der Waals surface area contributed by atoms with Gasteiger partial charge in [-0.2, -0.15) is 0 Å². The van der Waals surface area contributed by atoms with Crippen molar-refractivity contribution in [1.82, 2.24) is 0 Å². The van der Waals surface area contributed by atoms with E-state index in [-0.39, 0.29) is 0 Å². The topological polar surface area (TPSA) is 0 Å². The maximum atomic E-state index is 3.89. The molecule has 0 aromatic heterocycles. The monoisotopic (exact) mass is 238 g/mol. The smallest absolute Gasteiger partial charge is 0.0138 e. The van der Waals surface area contributed by atoms with E-state index in [0.29, 0.717) is 5.92 Å². The van der Waals surface area contributed by atoms with Gasteiger partial charge in [-0.1, -0.05) is 33.3 Å². The van der Waals surface area contributed by atoms with Crippen LogP contribution in [0.3, 0.4) is 0 Å². The molecule has 0 bridgehead atoms. The Bertz CT molecular complexity index is 86.6. The molecule has 0 aliphatic heterocycles. The third-order valence-corrected chi connectivity index (χ3v) is 2.59. The summed E-state index contributed by atoms with van der Waals surface area (Å²) in [4.78, 5) is 0. The van der Waals surface area contributed by atoms with Crippen LogP contribution >= 0.6 is 22.6 Å². The van der Waals surface area contributed by atoms with Crippen molar-refractivity contribution < 1.29 is 0 Å². The predicted molar refractivity (Wildman–Crippen MR) is 51.8 cm³/mol. The first-order chi connectivity index (χ1) is 4.18. The van der Waals surface area contributed by atoms with Gasteiger partial charge in [-0.15, -0.1) is 0 Å². The normalized spacial score (nSPS) is 13.2. The lowest BCUT2D eigenvalue weighted by atomic mass is 10.1. The van der Waals surface area contributed by atoms with E-state index in [2.05, 4.69) is 43.0 Å². The molecule has 0 nitrogen and oxygen atoms in total. The Morgan fingerprint density at radius 3 is 2.56 bits per heavy atom. The standard InChI is InChI=1S/C8H15I/c1-4-5-6-7(2)8(3)9/h7H,3-6H2,1-2H3/t7-/m0/s1. The van der Waals surface area contributed by atoms with Crippen LogP contribution in [0.15, 0.2) is 10.2 Å². The maximum Gasteiger partial charge on any atom is -0.0138 e. The minimum absolute atomic E-state index is 0.713. The summed E-state index contributed by atoms with van der Waals surface area (Å²) in [5.74, 6) is 0.713. The van der Waals surface area contributed by atoms with Crippen LogP contribution in [0.2, 0.25) is 0 Å². The second-order valence-electron chi connectivity index (χ2n) is 2.49. The Morgan fingerprint density at radius 2 is 2.22 bits per heavy atom. The summed E-state index contributed by atoms with van der Waals surface area (Å²) in [5.41, 5.74) is 0. The number of unbranched alkanes of at least 4 members (excludes halogenated alkanes) is 1. The van der Waals surface area contributed by atoms with Gasteiger partial charge in [-0.25, -0.2) is 0 Å². The fraction of sp³-hybridized carbons (Fsp3) is 0.750. The van der Waals surface area contributed by atoms with Gasteiger partial charge in [0.15, 0.2) is 0 Å². The largest absolute Gasteiger partial charge is 0.0894 e. The van der Waals surface area contributed by atoms with Crippen molar-refractivity contribution in [2.75, 3.05) is 0 Å². The molecule has 0 saturated carbocycles. The summed E-state index contributed by atoms with van der Waals surface area (Å²) in [6.45, 7) is 8.36. The van der Waals surface area contributed by atoms with Crippen LogP contribution in [-0.2, 0) is 0 Å². The van der Waals surface area contributed by atoms with Crippen LogP contribution in [0.25, 0.3) is 0 Å². The fourth-order valence-corrected chi connectivity index (χ4v) is 0.978. The zero-order valence-corrected chi connectivity index (χ0v) is 8.44. The van der Waals surface area contributed by atoms with Crippen molar-refractivity contribution in [3.8, 4) is 0 Å². The van der Waals surface area contributed by atoms with Crippen LogP contribution in [0.4, 0.5) is 0 Å². The summed E-state index contributed by atoms with van der Waals surface area (Å²) in [7, 11) is 0. The van der Waals surface area contributed by atoms with Crippen molar-refractivity contribution in [2.45, 2.75) is 33.1 Å². The molecule has 0 rings (SSSR count). The molecule has 0 aromatic carbocycles. The highest BCUT2D eigenvalue weighted by Crippen LogP contribution is 2.20. The summed E-state index contributed by atoms with van der Waals surface area (Å²) in [6.07, 6.45) is 3.94. The van der Waals surface area contributed by atoms with E-state index in [0.717, 1.165) is 0 Å². The molecular weight excluding hydrogens is 223 g/mol. The van der Waals surface area contributed by atoms with Crippen molar-refractivity contribution in [2.24, 2.45) is 5.92 Å². The van der Waals surface area contributed by atoms with Gasteiger partial charge in [-0.3, -0.25) is 0 Å². The van der Waals surface area contributed by atoms with Crippen molar-refractivity contribution in [3.05, 3.63) is 10.2 Å². The van der Waals surface area contributed by atoms with E-state index in [4.69, 9.17) is 0 Å².